The van der Waals surface area contributed by atoms with Crippen LogP contribution in [-0.2, 0) is 9.59 Å². The molecule has 0 aromatic heterocycles. The summed E-state index contributed by atoms with van der Waals surface area (Å²) in [5.74, 6) is -0.687. The lowest BCUT2D eigenvalue weighted by atomic mass is 9.89. The normalized spacial score (nSPS) is 22.8. The Bertz CT molecular complexity index is 846. The molecule has 0 saturated carbocycles. The molecule has 2 heterocycles. The van der Waals surface area contributed by atoms with Gasteiger partial charge >= 0.3 is 0 Å². The van der Waals surface area contributed by atoms with Crippen LogP contribution in [0.3, 0.4) is 0 Å². The summed E-state index contributed by atoms with van der Waals surface area (Å²) in [6.45, 7) is 4.44. The quantitative estimate of drug-likeness (QED) is 0.0302. The monoisotopic (exact) mass is 607 g/mol. The number of amides is 1. The van der Waals surface area contributed by atoms with Crippen molar-refractivity contribution >= 4 is 11.7 Å². The van der Waals surface area contributed by atoms with E-state index >= 15 is 0 Å². The van der Waals surface area contributed by atoms with Crippen molar-refractivity contribution in [3.8, 4) is 0 Å². The lowest BCUT2D eigenvalue weighted by molar-refractivity contribution is -0.125. The fraction of sp³-hybridized carbons (Fsp3) is 0.829. The molecule has 1 amide bonds. The number of hydrogen-bond donors (Lipinski definition) is 5. The SMILES string of the molecule is CC(CCCCCCCCC/C=C/CC(O)CCCC(O)CCCCCO)CC(C)C(O)=C1C(=O)[C@@H]2C[C@@H](O)CN2C1=O. The number of nitrogens with zero attached hydrogens (tertiary/aromatic N) is 1. The molecule has 0 radical (unpaired) electrons. The molecule has 4 unspecified atom stereocenters. The summed E-state index contributed by atoms with van der Waals surface area (Å²) in [6, 6.07) is -0.610. The van der Waals surface area contributed by atoms with Crippen molar-refractivity contribution in [3.05, 3.63) is 23.5 Å². The highest BCUT2D eigenvalue weighted by molar-refractivity contribution is 6.27. The van der Waals surface area contributed by atoms with Crippen LogP contribution in [0.15, 0.2) is 23.5 Å². The standard InChI is InChI=1S/C35H61NO7/c1-26(23-27(2)33(41)32-34(42)31-24-30(40)25-36(31)35(32)43)17-12-9-7-5-3-4-6-8-10-13-18-28(38)20-16-21-29(39)19-14-11-15-22-37/h10,13,26-31,37-41H,3-9,11-12,14-25H2,1-2H3/b13-10+,33-32?/t26?,27?,28?,29?,30-,31+/m1/s1. The minimum atomic E-state index is -0.657. The maximum atomic E-state index is 12.7. The van der Waals surface area contributed by atoms with Crippen molar-refractivity contribution in [2.45, 2.75) is 160 Å². The van der Waals surface area contributed by atoms with Crippen LogP contribution in [0.4, 0.5) is 0 Å². The van der Waals surface area contributed by atoms with Gasteiger partial charge in [-0.05, 0) is 63.7 Å². The number of fused-ring (bicyclic) bond motifs is 1. The summed E-state index contributed by atoms with van der Waals surface area (Å²) in [7, 11) is 0. The van der Waals surface area contributed by atoms with Crippen LogP contribution in [0.25, 0.3) is 0 Å². The third kappa shape index (κ3) is 13.8. The van der Waals surface area contributed by atoms with Gasteiger partial charge in [-0.2, -0.15) is 0 Å². The molecular formula is C35H61NO7. The minimum Gasteiger partial charge on any atom is -0.511 e. The molecule has 5 N–H and O–H groups in total. The van der Waals surface area contributed by atoms with Crippen molar-refractivity contribution in [3.63, 3.8) is 0 Å². The Morgan fingerprint density at radius 1 is 0.837 bits per heavy atom. The highest BCUT2D eigenvalue weighted by atomic mass is 16.3. The van der Waals surface area contributed by atoms with Crippen molar-refractivity contribution in [1.82, 2.24) is 4.90 Å². The van der Waals surface area contributed by atoms with Crippen molar-refractivity contribution in [2.75, 3.05) is 13.2 Å². The number of Topliss-reactive ketones (excluding diaryl/α,β-unsaturated/α-hetero) is 1. The number of hydrogen-bond acceptors (Lipinski definition) is 7. The van der Waals surface area contributed by atoms with Crippen LogP contribution in [0.5, 0.6) is 0 Å². The van der Waals surface area contributed by atoms with Gasteiger partial charge in [0.25, 0.3) is 5.91 Å². The molecular weight excluding hydrogens is 546 g/mol. The molecule has 6 atom stereocenters. The zero-order valence-electron chi connectivity index (χ0n) is 27.0. The Balaban J connectivity index is 1.43. The van der Waals surface area contributed by atoms with Crippen LogP contribution in [0, 0.1) is 11.8 Å². The average molecular weight is 608 g/mol. The second kappa shape index (κ2) is 21.1. The van der Waals surface area contributed by atoms with E-state index in [0.717, 1.165) is 70.6 Å². The molecule has 2 rings (SSSR count). The van der Waals surface area contributed by atoms with Crippen molar-refractivity contribution in [2.24, 2.45) is 11.8 Å². The van der Waals surface area contributed by atoms with Gasteiger partial charge in [-0.15, -0.1) is 0 Å². The van der Waals surface area contributed by atoms with E-state index in [-0.39, 0.29) is 54.8 Å². The van der Waals surface area contributed by atoms with E-state index in [1.807, 2.05) is 6.92 Å². The zero-order chi connectivity index (χ0) is 31.6. The number of ketones is 1. The predicted molar refractivity (Wildman–Crippen MR) is 170 cm³/mol. The fourth-order valence-corrected chi connectivity index (χ4v) is 6.55. The summed E-state index contributed by atoms with van der Waals surface area (Å²) >= 11 is 0. The minimum absolute atomic E-state index is 0.0604. The smallest absolute Gasteiger partial charge is 0.261 e. The average Bonchev–Trinajstić information content (AvgIpc) is 3.46. The molecule has 8 heteroatoms. The van der Waals surface area contributed by atoms with Gasteiger partial charge in [-0.1, -0.05) is 83.8 Å². The molecule has 2 fully saturated rings. The summed E-state index contributed by atoms with van der Waals surface area (Å²) in [5.41, 5.74) is -0.0604. The number of aliphatic hydroxyl groups excluding tert-OH is 5. The third-order valence-corrected chi connectivity index (χ3v) is 9.19. The second-order valence-corrected chi connectivity index (χ2v) is 13.3. The molecule has 2 aliphatic heterocycles. The van der Waals surface area contributed by atoms with Gasteiger partial charge in [-0.3, -0.25) is 9.59 Å². The third-order valence-electron chi connectivity index (χ3n) is 9.19. The van der Waals surface area contributed by atoms with Gasteiger partial charge in [0.05, 0.1) is 24.4 Å². The summed E-state index contributed by atoms with van der Waals surface area (Å²) < 4.78 is 0. The molecule has 43 heavy (non-hydrogen) atoms. The second-order valence-electron chi connectivity index (χ2n) is 13.3. The Hall–Kier alpha value is -1.74. The highest BCUT2D eigenvalue weighted by Gasteiger charge is 2.50. The summed E-state index contributed by atoms with van der Waals surface area (Å²) in [5, 5.41) is 49.4. The van der Waals surface area contributed by atoms with E-state index in [2.05, 4.69) is 19.1 Å². The molecule has 0 aliphatic carbocycles. The van der Waals surface area contributed by atoms with E-state index < -0.39 is 18.1 Å². The van der Waals surface area contributed by atoms with Gasteiger partial charge < -0.3 is 30.4 Å². The van der Waals surface area contributed by atoms with E-state index in [0.29, 0.717) is 12.3 Å². The molecule has 2 saturated heterocycles. The Kier molecular flexibility index (Phi) is 18.4. The molecule has 0 spiro atoms. The molecule has 2 aliphatic rings. The van der Waals surface area contributed by atoms with E-state index in [1.54, 1.807) is 0 Å². The van der Waals surface area contributed by atoms with E-state index in [4.69, 9.17) is 5.11 Å². The van der Waals surface area contributed by atoms with Gasteiger partial charge in [0.2, 0.25) is 0 Å². The first-order valence-corrected chi connectivity index (χ1v) is 17.2. The molecule has 8 nitrogen and oxygen atoms in total. The first kappa shape index (κ1) is 37.4. The summed E-state index contributed by atoms with van der Waals surface area (Å²) in [6.07, 6.45) is 21.0. The van der Waals surface area contributed by atoms with E-state index in [9.17, 15) is 30.0 Å². The van der Waals surface area contributed by atoms with Crippen molar-refractivity contribution in [1.29, 1.82) is 0 Å². The topological polar surface area (TPSA) is 139 Å². The largest absolute Gasteiger partial charge is 0.511 e. The Morgan fingerprint density at radius 3 is 2.14 bits per heavy atom. The first-order chi connectivity index (χ1) is 20.6. The number of unbranched alkanes of at least 4 members (excludes halogenated alkanes) is 9. The Morgan fingerprint density at radius 2 is 1.44 bits per heavy atom. The van der Waals surface area contributed by atoms with Gasteiger partial charge in [-0.25, -0.2) is 0 Å². The molecule has 248 valence electrons. The number of aliphatic hydroxyl groups is 5. The van der Waals surface area contributed by atoms with Crippen LogP contribution < -0.4 is 0 Å². The van der Waals surface area contributed by atoms with Crippen LogP contribution >= 0.6 is 0 Å². The van der Waals surface area contributed by atoms with Gasteiger partial charge in [0.1, 0.15) is 11.3 Å². The van der Waals surface area contributed by atoms with Gasteiger partial charge in [0, 0.05) is 25.5 Å². The van der Waals surface area contributed by atoms with Crippen LogP contribution in [0.1, 0.15) is 136 Å². The maximum absolute atomic E-state index is 12.7. The van der Waals surface area contributed by atoms with E-state index in [1.165, 1.54) is 43.4 Å². The molecule has 0 aromatic carbocycles. The number of carbonyl (C=O) groups is 2. The van der Waals surface area contributed by atoms with Gasteiger partial charge in [0.15, 0.2) is 5.78 Å². The molecule has 0 aromatic rings. The molecule has 0 bridgehead atoms. The number of rotatable bonds is 24. The fourth-order valence-electron chi connectivity index (χ4n) is 6.55. The predicted octanol–water partition coefficient (Wildman–Crippen LogP) is 5.91. The lowest BCUT2D eigenvalue weighted by Crippen LogP contribution is -2.29. The maximum Gasteiger partial charge on any atom is 0.261 e. The van der Waals surface area contributed by atoms with Crippen LogP contribution in [0.2, 0.25) is 0 Å². The Labute approximate surface area is 260 Å². The number of carbonyl (C=O) groups excluding carboxylic acids is 2. The first-order valence-electron chi connectivity index (χ1n) is 17.2. The van der Waals surface area contributed by atoms with Crippen LogP contribution in [-0.4, -0.2) is 79.6 Å². The summed E-state index contributed by atoms with van der Waals surface area (Å²) in [4.78, 5) is 26.7. The van der Waals surface area contributed by atoms with Crippen molar-refractivity contribution < 1.29 is 35.1 Å². The lowest BCUT2D eigenvalue weighted by Gasteiger charge is -2.18. The zero-order valence-corrected chi connectivity index (χ0v) is 27.0. The highest BCUT2D eigenvalue weighted by Crippen LogP contribution is 2.34. The number of allylic oxidation sites excluding steroid dienone is 2.